The molecule has 0 radical (unpaired) electrons. The zero-order chi connectivity index (χ0) is 40.3. The second kappa shape index (κ2) is 12.9. The number of hydrogen-bond acceptors (Lipinski definition) is 4. The Hall–Kier alpha value is -6.69. The minimum atomic E-state index is 0.0696. The summed E-state index contributed by atoms with van der Waals surface area (Å²) in [5, 5.41) is 9.70. The highest BCUT2D eigenvalue weighted by atomic mass is 32.1. The first-order chi connectivity index (χ1) is 29.2. The van der Waals surface area contributed by atoms with Crippen LogP contribution in [0.2, 0.25) is 0 Å². The lowest BCUT2D eigenvalue weighted by molar-refractivity contribution is 0.332. The number of aromatic nitrogens is 4. The topological polar surface area (TPSA) is 43.6 Å². The van der Waals surface area contributed by atoms with Crippen molar-refractivity contribution < 1.29 is 0 Å². The molecule has 288 valence electrons. The minimum absolute atomic E-state index is 0.0696. The molecule has 3 heterocycles. The van der Waals surface area contributed by atoms with Crippen LogP contribution in [0.1, 0.15) is 51.7 Å². The fourth-order valence-electron chi connectivity index (χ4n) is 10.0. The molecule has 4 nitrogen and oxygen atoms in total. The zero-order valence-electron chi connectivity index (χ0n) is 34.1. The van der Waals surface area contributed by atoms with Crippen molar-refractivity contribution in [3.63, 3.8) is 0 Å². The van der Waals surface area contributed by atoms with E-state index in [9.17, 15) is 0 Å². The average molecular weight is 791 g/mol. The molecule has 1 aliphatic rings. The SMILES string of the molecule is CC1(C)CCC(C)(C)c2cc3c(cc21)c1ccc2ccccc2c1n3-c1cccc(-c2nc(-c3cccc4ccccc34)nc(-c3cccc4sc5ccccc5c34)n2)c1. The second-order valence-corrected chi connectivity index (χ2v) is 18.9. The normalized spacial score (nSPS) is 14.8. The molecule has 8 aromatic carbocycles. The Morgan fingerprint density at radius 2 is 1.07 bits per heavy atom. The van der Waals surface area contributed by atoms with Crippen molar-refractivity contribution in [2.24, 2.45) is 0 Å². The van der Waals surface area contributed by atoms with E-state index in [-0.39, 0.29) is 10.8 Å². The summed E-state index contributed by atoms with van der Waals surface area (Å²) in [7, 11) is 0. The van der Waals surface area contributed by atoms with Crippen LogP contribution >= 0.6 is 11.3 Å². The third-order valence-electron chi connectivity index (χ3n) is 13.3. The van der Waals surface area contributed by atoms with E-state index in [4.69, 9.17) is 15.0 Å². The van der Waals surface area contributed by atoms with Crippen LogP contribution in [0.15, 0.2) is 158 Å². The van der Waals surface area contributed by atoms with Crippen LogP contribution in [-0.2, 0) is 10.8 Å². The lowest BCUT2D eigenvalue weighted by Gasteiger charge is -2.42. The Balaban J connectivity index is 1.13. The Labute approximate surface area is 352 Å². The maximum atomic E-state index is 5.38. The van der Waals surface area contributed by atoms with Gasteiger partial charge in [-0.1, -0.05) is 149 Å². The molecule has 0 bridgehead atoms. The van der Waals surface area contributed by atoms with E-state index in [1.165, 1.54) is 70.3 Å². The van der Waals surface area contributed by atoms with Gasteiger partial charge in [0.15, 0.2) is 17.5 Å². The molecule has 0 N–H and O–H groups in total. The molecule has 5 heteroatoms. The average Bonchev–Trinajstić information content (AvgIpc) is 3.83. The van der Waals surface area contributed by atoms with Gasteiger partial charge in [-0.15, -0.1) is 11.3 Å². The smallest absolute Gasteiger partial charge is 0.164 e. The molecule has 3 aromatic heterocycles. The third kappa shape index (κ3) is 5.32. The van der Waals surface area contributed by atoms with Crippen LogP contribution in [-0.4, -0.2) is 19.5 Å². The largest absolute Gasteiger partial charge is 0.309 e. The van der Waals surface area contributed by atoms with Gasteiger partial charge in [-0.3, -0.25) is 0 Å². The fourth-order valence-corrected chi connectivity index (χ4v) is 11.1. The van der Waals surface area contributed by atoms with Gasteiger partial charge >= 0.3 is 0 Å². The molecule has 0 spiro atoms. The van der Waals surface area contributed by atoms with Crippen LogP contribution in [0.3, 0.4) is 0 Å². The predicted molar refractivity (Wildman–Crippen MR) is 254 cm³/mol. The van der Waals surface area contributed by atoms with E-state index < -0.39 is 0 Å². The Bertz CT molecular complexity index is 3560. The molecule has 0 fully saturated rings. The van der Waals surface area contributed by atoms with E-state index in [1.54, 1.807) is 0 Å². The third-order valence-corrected chi connectivity index (χ3v) is 14.4. The van der Waals surface area contributed by atoms with E-state index >= 15 is 0 Å². The van der Waals surface area contributed by atoms with Crippen molar-refractivity contribution in [3.05, 3.63) is 169 Å². The second-order valence-electron chi connectivity index (χ2n) is 17.9. The maximum Gasteiger partial charge on any atom is 0.164 e. The van der Waals surface area contributed by atoms with Gasteiger partial charge in [0.25, 0.3) is 0 Å². The molecular formula is C55H42N4S. The van der Waals surface area contributed by atoms with Crippen LogP contribution < -0.4 is 0 Å². The molecule has 0 amide bonds. The number of thiophene rings is 1. The quantitative estimate of drug-likeness (QED) is 0.178. The molecular weight excluding hydrogens is 749 g/mol. The summed E-state index contributed by atoms with van der Waals surface area (Å²) in [5.74, 6) is 1.97. The van der Waals surface area contributed by atoms with Gasteiger partial charge in [0, 0.05) is 58.7 Å². The molecule has 11 aromatic rings. The van der Waals surface area contributed by atoms with Crippen LogP contribution in [0, 0.1) is 0 Å². The van der Waals surface area contributed by atoms with Crippen molar-refractivity contribution >= 4 is 74.9 Å². The van der Waals surface area contributed by atoms with E-state index in [0.29, 0.717) is 17.5 Å². The zero-order valence-corrected chi connectivity index (χ0v) is 34.9. The molecule has 0 aliphatic heterocycles. The van der Waals surface area contributed by atoms with Gasteiger partial charge in [-0.05, 0) is 87.4 Å². The van der Waals surface area contributed by atoms with Crippen molar-refractivity contribution in [1.29, 1.82) is 0 Å². The van der Waals surface area contributed by atoms with E-state index in [0.717, 1.165) is 39.6 Å². The van der Waals surface area contributed by atoms with Gasteiger partial charge in [0.05, 0.1) is 11.0 Å². The number of benzene rings is 8. The molecule has 0 atom stereocenters. The van der Waals surface area contributed by atoms with Crippen LogP contribution in [0.25, 0.3) is 103 Å². The summed E-state index contributed by atoms with van der Waals surface area (Å²) >= 11 is 1.81. The molecule has 12 rings (SSSR count). The fraction of sp³-hybridized carbons (Fsp3) is 0.145. The summed E-state index contributed by atoms with van der Waals surface area (Å²) in [4.78, 5) is 16.0. The van der Waals surface area contributed by atoms with Gasteiger partial charge < -0.3 is 4.57 Å². The number of hydrogen-bond donors (Lipinski definition) is 0. The number of rotatable bonds is 4. The van der Waals surface area contributed by atoms with Crippen molar-refractivity contribution in [2.75, 3.05) is 0 Å². The van der Waals surface area contributed by atoms with E-state index in [1.807, 2.05) is 11.3 Å². The highest BCUT2D eigenvalue weighted by molar-refractivity contribution is 7.25. The van der Waals surface area contributed by atoms with Gasteiger partial charge in [0.2, 0.25) is 0 Å². The summed E-state index contributed by atoms with van der Waals surface area (Å²) in [5.41, 5.74) is 9.56. The van der Waals surface area contributed by atoms with Crippen molar-refractivity contribution in [3.8, 4) is 39.9 Å². The van der Waals surface area contributed by atoms with E-state index in [2.05, 4.69) is 190 Å². The highest BCUT2D eigenvalue weighted by Gasteiger charge is 2.38. The minimum Gasteiger partial charge on any atom is -0.309 e. The first-order valence-electron chi connectivity index (χ1n) is 21.0. The Kier molecular flexibility index (Phi) is 7.59. The van der Waals surface area contributed by atoms with Gasteiger partial charge in [-0.25, -0.2) is 15.0 Å². The molecule has 1 aliphatic carbocycles. The molecule has 60 heavy (non-hydrogen) atoms. The Morgan fingerprint density at radius 1 is 0.467 bits per heavy atom. The molecule has 0 unspecified atom stereocenters. The maximum absolute atomic E-state index is 5.38. The Morgan fingerprint density at radius 3 is 1.88 bits per heavy atom. The molecule has 0 saturated carbocycles. The van der Waals surface area contributed by atoms with Crippen molar-refractivity contribution in [2.45, 2.75) is 51.4 Å². The lowest BCUT2D eigenvalue weighted by Crippen LogP contribution is -2.33. The number of nitrogens with zero attached hydrogens (tertiary/aromatic N) is 4. The predicted octanol–water partition coefficient (Wildman–Crippen LogP) is 15.0. The van der Waals surface area contributed by atoms with Gasteiger partial charge in [-0.2, -0.15) is 0 Å². The lowest BCUT2D eigenvalue weighted by atomic mass is 9.63. The summed E-state index contributed by atoms with van der Waals surface area (Å²) in [6.07, 6.45) is 2.33. The van der Waals surface area contributed by atoms with Crippen molar-refractivity contribution in [1.82, 2.24) is 19.5 Å². The van der Waals surface area contributed by atoms with Crippen LogP contribution in [0.4, 0.5) is 0 Å². The first kappa shape index (κ1) is 35.3. The standard InChI is InChI=1S/C55H42N4S/c1-54(2)28-29-55(3,4)45-32-46-43(31-44(45)54)39-27-26-34-15-6-8-20-38(34)50(39)59(46)36-18-11-17-35(30-36)51-56-52(40-22-12-16-33-14-5-7-19-37(33)40)58-53(57-51)42-23-13-25-48-49(42)41-21-9-10-24-47(41)60-48/h5-27,30-32H,28-29H2,1-4H3. The summed E-state index contributed by atoms with van der Waals surface area (Å²) in [6.45, 7) is 9.67. The number of fused-ring (bicyclic) bond motifs is 10. The highest BCUT2D eigenvalue weighted by Crippen LogP contribution is 2.49. The summed E-state index contributed by atoms with van der Waals surface area (Å²) < 4.78 is 4.97. The van der Waals surface area contributed by atoms with Crippen LogP contribution in [0.5, 0.6) is 0 Å². The first-order valence-corrected chi connectivity index (χ1v) is 21.8. The monoisotopic (exact) mass is 790 g/mol. The molecule has 0 saturated heterocycles. The summed E-state index contributed by atoms with van der Waals surface area (Å²) in [6, 6.07) is 57.3. The van der Waals surface area contributed by atoms with Gasteiger partial charge in [0.1, 0.15) is 0 Å².